The molecular formula is C8H16ClNO5. The Kier molecular flexibility index (Phi) is 6.78. The summed E-state index contributed by atoms with van der Waals surface area (Å²) in [4.78, 5) is 5.44. The van der Waals surface area contributed by atoms with Crippen LogP contribution in [0, 0.1) is 10.2 Å². The van der Waals surface area contributed by atoms with Crippen molar-refractivity contribution in [1.82, 2.24) is 0 Å². The summed E-state index contributed by atoms with van der Waals surface area (Å²) in [6.07, 6.45) is 6.08. The van der Waals surface area contributed by atoms with Gasteiger partial charge in [-0.05, 0) is 18.1 Å². The zero-order chi connectivity index (χ0) is 11.9. The van der Waals surface area contributed by atoms with Crippen molar-refractivity contribution in [2.45, 2.75) is 39.2 Å². The number of hydrogen-bond donors (Lipinski definition) is 0. The summed E-state index contributed by atoms with van der Waals surface area (Å²) >= 11 is 0. The first-order valence-electron chi connectivity index (χ1n) is 4.71. The first-order valence-corrected chi connectivity index (χ1v) is 5.95. The molecule has 15 heavy (non-hydrogen) atoms. The lowest BCUT2D eigenvalue weighted by molar-refractivity contribution is -2.00. The Balaban J connectivity index is 0.000000336. The number of nitrogens with zero attached hydrogens (tertiary/aromatic N) is 1. The molecule has 0 aromatic heterocycles. The van der Waals surface area contributed by atoms with Crippen LogP contribution < -0.4 is 18.6 Å². The van der Waals surface area contributed by atoms with Crippen LogP contribution in [0.2, 0.25) is 0 Å². The van der Waals surface area contributed by atoms with Gasteiger partial charge in [0.1, 0.15) is 0 Å². The van der Waals surface area contributed by atoms with Gasteiger partial charge in [-0.15, -0.1) is 10.2 Å². The quantitative estimate of drug-likeness (QED) is 0.485. The van der Waals surface area contributed by atoms with Crippen LogP contribution in [0.1, 0.15) is 33.1 Å². The van der Waals surface area contributed by atoms with Crippen LogP contribution in [0.4, 0.5) is 0 Å². The van der Waals surface area contributed by atoms with E-state index in [1.54, 1.807) is 0 Å². The molecular weight excluding hydrogens is 226 g/mol. The molecule has 6 nitrogen and oxygen atoms in total. The van der Waals surface area contributed by atoms with Crippen LogP contribution in [0.3, 0.4) is 0 Å². The average molecular weight is 242 g/mol. The van der Waals surface area contributed by atoms with Gasteiger partial charge in [-0.1, -0.05) is 6.92 Å². The summed E-state index contributed by atoms with van der Waals surface area (Å²) in [5.74, 6) is 0. The van der Waals surface area contributed by atoms with E-state index in [9.17, 15) is 0 Å². The zero-order valence-corrected chi connectivity index (χ0v) is 9.61. The highest BCUT2D eigenvalue weighted by atomic mass is 35.7. The molecule has 1 unspecified atom stereocenters. The first-order chi connectivity index (χ1) is 6.83. The molecule has 0 spiro atoms. The van der Waals surface area contributed by atoms with Gasteiger partial charge in [0.25, 0.3) is 0 Å². The Morgan fingerprint density at radius 2 is 1.93 bits per heavy atom. The number of halogens is 1. The van der Waals surface area contributed by atoms with Crippen LogP contribution in [-0.2, 0) is 4.84 Å². The van der Waals surface area contributed by atoms with Crippen molar-refractivity contribution in [1.29, 1.82) is 0 Å². The topological polar surface area (TPSA) is 104 Å². The van der Waals surface area contributed by atoms with Crippen molar-refractivity contribution in [3.8, 4) is 0 Å². The van der Waals surface area contributed by atoms with Gasteiger partial charge >= 0.3 is 0 Å². The third-order valence-electron chi connectivity index (χ3n) is 1.69. The fourth-order valence-corrected chi connectivity index (χ4v) is 1.04. The highest BCUT2D eigenvalue weighted by Gasteiger charge is 2.19. The van der Waals surface area contributed by atoms with Crippen molar-refractivity contribution < 1.29 is 38.5 Å². The lowest BCUT2D eigenvalue weighted by atomic mass is 10.3. The SMILES string of the molecule is CCCC[N+]1=CCC(C)O1.[O-][Cl+3]([O-])([O-])[O-]. The molecule has 1 aliphatic rings. The van der Waals surface area contributed by atoms with Crippen LogP contribution >= 0.6 is 0 Å². The van der Waals surface area contributed by atoms with Crippen molar-refractivity contribution >= 4 is 6.21 Å². The Morgan fingerprint density at radius 1 is 1.40 bits per heavy atom. The first kappa shape index (κ1) is 14.6. The van der Waals surface area contributed by atoms with E-state index >= 15 is 0 Å². The monoisotopic (exact) mass is 241 g/mol. The standard InChI is InChI=1S/C8H16NO.ClHO4/c1-3-4-6-9-7-5-8(2)10-9;2-1(3,4)5/h7-8H,3-6H2,1-2H3;(H,2,3,4,5)/q+1;/p-1. The summed E-state index contributed by atoms with van der Waals surface area (Å²) in [5, 5.41) is 0. The molecule has 0 aromatic rings. The van der Waals surface area contributed by atoms with Crippen LogP contribution in [0.15, 0.2) is 0 Å². The minimum Gasteiger partial charge on any atom is -0.274 e. The van der Waals surface area contributed by atoms with Gasteiger partial charge < -0.3 is 0 Å². The molecule has 1 rings (SSSR count). The van der Waals surface area contributed by atoms with Gasteiger partial charge in [-0.25, -0.2) is 18.6 Å². The van der Waals surface area contributed by atoms with Crippen LogP contribution in [0.25, 0.3) is 0 Å². The molecule has 0 aliphatic carbocycles. The predicted molar refractivity (Wildman–Crippen MR) is 41.3 cm³/mol. The van der Waals surface area contributed by atoms with Gasteiger partial charge in [-0.3, -0.25) is 4.84 Å². The molecule has 0 fully saturated rings. The lowest BCUT2D eigenvalue weighted by Gasteiger charge is -2.17. The molecule has 0 N–H and O–H groups in total. The van der Waals surface area contributed by atoms with Gasteiger partial charge in [0.2, 0.25) is 0 Å². The Bertz CT molecular complexity index is 198. The normalized spacial score (nSPS) is 20.1. The highest BCUT2D eigenvalue weighted by molar-refractivity contribution is 5.52. The zero-order valence-electron chi connectivity index (χ0n) is 8.85. The van der Waals surface area contributed by atoms with Crippen molar-refractivity contribution in [3.63, 3.8) is 0 Å². The van der Waals surface area contributed by atoms with E-state index in [0.717, 1.165) is 13.0 Å². The molecule has 0 aromatic carbocycles. The summed E-state index contributed by atoms with van der Waals surface area (Å²) in [6.45, 7) is 5.35. The molecule has 1 heterocycles. The van der Waals surface area contributed by atoms with Crippen molar-refractivity contribution in [2.75, 3.05) is 6.54 Å². The maximum Gasteiger partial charge on any atom is 0.196 e. The summed E-state index contributed by atoms with van der Waals surface area (Å²) in [5.41, 5.74) is 0. The Hall–Kier alpha value is -0.400. The maximum absolute atomic E-state index is 8.49. The Morgan fingerprint density at radius 3 is 2.27 bits per heavy atom. The third kappa shape index (κ3) is 11.5. The second-order valence-electron chi connectivity index (χ2n) is 3.21. The predicted octanol–water partition coefficient (Wildman–Crippen LogP) is -3.16. The van der Waals surface area contributed by atoms with Gasteiger partial charge in [0, 0.05) is 6.42 Å². The van der Waals surface area contributed by atoms with Gasteiger partial charge in [0.15, 0.2) is 18.9 Å². The number of hydroxylamine groups is 1. The van der Waals surface area contributed by atoms with Crippen molar-refractivity contribution in [2.24, 2.45) is 0 Å². The second kappa shape index (κ2) is 6.97. The average Bonchev–Trinajstić information content (AvgIpc) is 2.45. The highest BCUT2D eigenvalue weighted by Crippen LogP contribution is 2.04. The minimum atomic E-state index is -4.94. The van der Waals surface area contributed by atoms with E-state index < -0.39 is 10.2 Å². The fourth-order valence-electron chi connectivity index (χ4n) is 1.04. The summed E-state index contributed by atoms with van der Waals surface area (Å²) in [6, 6.07) is 0. The fraction of sp³-hybridized carbons (Fsp3) is 0.875. The van der Waals surface area contributed by atoms with E-state index in [0.29, 0.717) is 6.10 Å². The number of unbranched alkanes of at least 4 members (excludes halogenated alkanes) is 1. The third-order valence-corrected chi connectivity index (χ3v) is 1.69. The van der Waals surface area contributed by atoms with Gasteiger partial charge in [0.05, 0.1) is 6.42 Å². The molecule has 7 heteroatoms. The Labute approximate surface area is 91.1 Å². The van der Waals surface area contributed by atoms with Crippen LogP contribution in [-0.4, -0.2) is 23.6 Å². The summed E-state index contributed by atoms with van der Waals surface area (Å²) < 4.78 is 35.9. The molecule has 1 atom stereocenters. The van der Waals surface area contributed by atoms with E-state index in [-0.39, 0.29) is 0 Å². The molecule has 0 saturated carbocycles. The molecule has 0 radical (unpaired) electrons. The lowest BCUT2D eigenvalue weighted by Crippen LogP contribution is -2.68. The largest absolute Gasteiger partial charge is 0.274 e. The number of hydrogen-bond acceptors (Lipinski definition) is 5. The van der Waals surface area contributed by atoms with E-state index in [1.165, 1.54) is 12.8 Å². The smallest absolute Gasteiger partial charge is 0.196 e. The summed E-state index contributed by atoms with van der Waals surface area (Å²) in [7, 11) is -4.94. The molecule has 1 aliphatic heterocycles. The van der Waals surface area contributed by atoms with E-state index in [4.69, 9.17) is 23.5 Å². The van der Waals surface area contributed by atoms with Gasteiger partial charge in [-0.2, -0.15) is 0 Å². The molecule has 0 amide bonds. The molecule has 0 saturated heterocycles. The second-order valence-corrected chi connectivity index (χ2v) is 3.96. The number of rotatable bonds is 3. The van der Waals surface area contributed by atoms with Crippen LogP contribution in [0.5, 0.6) is 0 Å². The maximum atomic E-state index is 8.49. The van der Waals surface area contributed by atoms with E-state index in [2.05, 4.69) is 20.1 Å². The molecule has 0 bridgehead atoms. The molecule has 90 valence electrons. The van der Waals surface area contributed by atoms with E-state index in [1.807, 2.05) is 4.74 Å². The minimum absolute atomic E-state index is 0.400. The van der Waals surface area contributed by atoms with Crippen molar-refractivity contribution in [3.05, 3.63) is 0 Å².